The Labute approximate surface area is 130 Å². The highest BCUT2D eigenvalue weighted by atomic mass is 32.2. The molecule has 0 spiro atoms. The SMILES string of the molecule is CNCc1cc(S(=O)(=O)N(C)CCc2cccs2)cn1C. The van der Waals surface area contributed by atoms with Crippen LogP contribution in [0.4, 0.5) is 0 Å². The molecule has 0 amide bonds. The summed E-state index contributed by atoms with van der Waals surface area (Å²) in [6, 6.07) is 5.74. The lowest BCUT2D eigenvalue weighted by atomic mass is 10.3. The minimum absolute atomic E-state index is 0.351. The maximum absolute atomic E-state index is 12.6. The van der Waals surface area contributed by atoms with E-state index in [1.54, 1.807) is 30.6 Å². The van der Waals surface area contributed by atoms with E-state index < -0.39 is 10.0 Å². The average molecular weight is 327 g/mol. The molecule has 0 unspecified atom stereocenters. The molecule has 2 rings (SSSR count). The lowest BCUT2D eigenvalue weighted by molar-refractivity contribution is 0.473. The van der Waals surface area contributed by atoms with Crippen LogP contribution in [0.15, 0.2) is 34.7 Å². The third-order valence-electron chi connectivity index (χ3n) is 3.40. The van der Waals surface area contributed by atoms with E-state index in [0.29, 0.717) is 18.0 Å². The van der Waals surface area contributed by atoms with Crippen molar-refractivity contribution >= 4 is 21.4 Å². The highest BCUT2D eigenvalue weighted by Crippen LogP contribution is 2.18. The first-order chi connectivity index (χ1) is 9.95. The molecule has 5 nitrogen and oxygen atoms in total. The summed E-state index contributed by atoms with van der Waals surface area (Å²) in [6.45, 7) is 1.13. The number of sulfonamides is 1. The first-order valence-electron chi connectivity index (χ1n) is 6.73. The molecule has 21 heavy (non-hydrogen) atoms. The molecular formula is C14H21N3O2S2. The Morgan fingerprint density at radius 2 is 2.19 bits per heavy atom. The fourth-order valence-electron chi connectivity index (χ4n) is 2.10. The quantitative estimate of drug-likeness (QED) is 0.842. The Morgan fingerprint density at radius 1 is 1.43 bits per heavy atom. The van der Waals surface area contributed by atoms with Gasteiger partial charge in [-0.1, -0.05) is 6.07 Å². The van der Waals surface area contributed by atoms with Gasteiger partial charge >= 0.3 is 0 Å². The Bertz CT molecular complexity index is 675. The van der Waals surface area contributed by atoms with Crippen LogP contribution in [-0.2, 0) is 30.0 Å². The van der Waals surface area contributed by atoms with Crippen molar-refractivity contribution in [1.29, 1.82) is 0 Å². The molecule has 2 aromatic rings. The fourth-order valence-corrected chi connectivity index (χ4v) is 4.06. The van der Waals surface area contributed by atoms with Crippen LogP contribution in [0.5, 0.6) is 0 Å². The minimum atomic E-state index is -3.42. The highest BCUT2D eigenvalue weighted by Gasteiger charge is 2.22. The number of aromatic nitrogens is 1. The zero-order valence-electron chi connectivity index (χ0n) is 12.5. The molecule has 0 radical (unpaired) electrons. The van der Waals surface area contributed by atoms with Gasteiger partial charge in [0.15, 0.2) is 0 Å². The maximum atomic E-state index is 12.6. The molecule has 0 fully saturated rings. The summed E-state index contributed by atoms with van der Waals surface area (Å²) in [4.78, 5) is 1.55. The van der Waals surface area contributed by atoms with Crippen LogP contribution in [0.2, 0.25) is 0 Å². The zero-order chi connectivity index (χ0) is 15.5. The lowest BCUT2D eigenvalue weighted by Crippen LogP contribution is -2.28. The van der Waals surface area contributed by atoms with Crippen LogP contribution in [0.1, 0.15) is 10.6 Å². The van der Waals surface area contributed by atoms with Crippen molar-refractivity contribution in [3.63, 3.8) is 0 Å². The van der Waals surface area contributed by atoms with E-state index in [0.717, 1.165) is 12.1 Å². The Morgan fingerprint density at radius 3 is 2.81 bits per heavy atom. The van der Waals surface area contributed by atoms with E-state index in [2.05, 4.69) is 5.32 Å². The molecule has 0 aromatic carbocycles. The molecule has 0 saturated carbocycles. The molecule has 2 heterocycles. The van der Waals surface area contributed by atoms with Crippen molar-refractivity contribution in [2.24, 2.45) is 7.05 Å². The molecule has 2 aromatic heterocycles. The van der Waals surface area contributed by atoms with Gasteiger partial charge in [-0.15, -0.1) is 11.3 Å². The summed E-state index contributed by atoms with van der Waals surface area (Å²) in [6.07, 6.45) is 2.41. The topological polar surface area (TPSA) is 54.3 Å². The van der Waals surface area contributed by atoms with E-state index in [1.807, 2.05) is 36.2 Å². The van der Waals surface area contributed by atoms with Gasteiger partial charge < -0.3 is 9.88 Å². The Kier molecular flexibility index (Phi) is 5.21. The van der Waals surface area contributed by atoms with Crippen molar-refractivity contribution in [1.82, 2.24) is 14.2 Å². The van der Waals surface area contributed by atoms with Crippen LogP contribution in [-0.4, -0.2) is 37.9 Å². The average Bonchev–Trinajstić information content (AvgIpc) is 3.07. The molecule has 0 atom stereocenters. The van der Waals surface area contributed by atoms with E-state index >= 15 is 0 Å². The second-order valence-electron chi connectivity index (χ2n) is 4.96. The van der Waals surface area contributed by atoms with E-state index in [4.69, 9.17) is 0 Å². The molecule has 0 aliphatic heterocycles. The summed E-state index contributed by atoms with van der Waals surface area (Å²) in [5.74, 6) is 0. The van der Waals surface area contributed by atoms with Gasteiger partial charge in [0, 0.05) is 44.0 Å². The predicted molar refractivity (Wildman–Crippen MR) is 86.0 cm³/mol. The normalized spacial score (nSPS) is 12.2. The number of aryl methyl sites for hydroxylation is 1. The molecule has 116 valence electrons. The highest BCUT2D eigenvalue weighted by molar-refractivity contribution is 7.89. The van der Waals surface area contributed by atoms with Crippen LogP contribution < -0.4 is 5.32 Å². The molecule has 0 bridgehead atoms. The summed E-state index contributed by atoms with van der Waals surface area (Å²) in [7, 11) is 1.91. The molecule has 0 saturated heterocycles. The Hall–Kier alpha value is -1.15. The third-order valence-corrected chi connectivity index (χ3v) is 6.16. The second-order valence-corrected chi connectivity index (χ2v) is 8.04. The van der Waals surface area contributed by atoms with Crippen molar-refractivity contribution in [2.75, 3.05) is 20.6 Å². The van der Waals surface area contributed by atoms with Gasteiger partial charge in [-0.05, 0) is 31.0 Å². The van der Waals surface area contributed by atoms with Crippen LogP contribution in [0.25, 0.3) is 0 Å². The van der Waals surface area contributed by atoms with Crippen molar-refractivity contribution in [3.8, 4) is 0 Å². The summed E-state index contributed by atoms with van der Waals surface area (Å²) in [5, 5.41) is 5.04. The van der Waals surface area contributed by atoms with Crippen molar-refractivity contribution in [2.45, 2.75) is 17.9 Å². The third kappa shape index (κ3) is 3.74. The van der Waals surface area contributed by atoms with Gasteiger partial charge in [-0.25, -0.2) is 12.7 Å². The summed E-state index contributed by atoms with van der Waals surface area (Å²) >= 11 is 1.65. The van der Waals surface area contributed by atoms with Crippen LogP contribution in [0.3, 0.4) is 0 Å². The number of nitrogens with one attached hydrogen (secondary N) is 1. The number of nitrogens with zero attached hydrogens (tertiary/aromatic N) is 2. The largest absolute Gasteiger partial charge is 0.352 e. The van der Waals surface area contributed by atoms with Gasteiger partial charge in [-0.3, -0.25) is 0 Å². The number of hydrogen-bond acceptors (Lipinski definition) is 4. The van der Waals surface area contributed by atoms with E-state index in [1.165, 1.54) is 9.18 Å². The van der Waals surface area contributed by atoms with Crippen molar-refractivity contribution < 1.29 is 8.42 Å². The predicted octanol–water partition coefficient (Wildman–Crippen LogP) is 1.67. The number of thiophene rings is 1. The van der Waals surface area contributed by atoms with Gasteiger partial charge in [0.1, 0.15) is 4.90 Å². The maximum Gasteiger partial charge on any atom is 0.244 e. The smallest absolute Gasteiger partial charge is 0.244 e. The van der Waals surface area contributed by atoms with Gasteiger partial charge in [-0.2, -0.15) is 0 Å². The molecule has 1 N–H and O–H groups in total. The van der Waals surface area contributed by atoms with Gasteiger partial charge in [0.25, 0.3) is 0 Å². The van der Waals surface area contributed by atoms with Crippen molar-refractivity contribution in [3.05, 3.63) is 40.3 Å². The lowest BCUT2D eigenvalue weighted by Gasteiger charge is -2.15. The van der Waals surface area contributed by atoms with E-state index in [9.17, 15) is 8.42 Å². The van der Waals surface area contributed by atoms with Crippen LogP contribution in [0, 0.1) is 0 Å². The summed E-state index contributed by atoms with van der Waals surface area (Å²) < 4.78 is 28.4. The molecule has 0 aliphatic carbocycles. The zero-order valence-corrected chi connectivity index (χ0v) is 14.2. The number of rotatable bonds is 7. The standard InChI is InChI=1S/C14H21N3O2S2/c1-15-10-12-9-14(11-16(12)2)21(18,19)17(3)7-6-13-5-4-8-20-13/h4-5,8-9,11,15H,6-7,10H2,1-3H3. The first-order valence-corrected chi connectivity index (χ1v) is 9.05. The second kappa shape index (κ2) is 6.74. The van der Waals surface area contributed by atoms with Gasteiger partial charge in [0.2, 0.25) is 10.0 Å². The van der Waals surface area contributed by atoms with Gasteiger partial charge in [0.05, 0.1) is 0 Å². The number of hydrogen-bond donors (Lipinski definition) is 1. The Balaban J connectivity index is 2.11. The van der Waals surface area contributed by atoms with Crippen LogP contribution >= 0.6 is 11.3 Å². The summed E-state index contributed by atoms with van der Waals surface area (Å²) in [5.41, 5.74) is 0.947. The first kappa shape index (κ1) is 16.2. The molecule has 0 aliphatic rings. The minimum Gasteiger partial charge on any atom is -0.352 e. The van der Waals surface area contributed by atoms with E-state index in [-0.39, 0.29) is 0 Å². The molecule has 7 heteroatoms. The monoisotopic (exact) mass is 327 g/mol. The number of likely N-dealkylation sites (N-methyl/N-ethyl adjacent to an activating group) is 1. The molecular weight excluding hydrogens is 306 g/mol. The fraction of sp³-hybridized carbons (Fsp3) is 0.429.